The third-order valence-electron chi connectivity index (χ3n) is 5.91. The van der Waals surface area contributed by atoms with Crippen molar-refractivity contribution in [3.8, 4) is 5.75 Å². The molecule has 34 heavy (non-hydrogen) atoms. The van der Waals surface area contributed by atoms with Crippen molar-refractivity contribution in [3.05, 3.63) is 60.2 Å². The molecule has 9 heteroatoms. The van der Waals surface area contributed by atoms with E-state index in [9.17, 15) is 18.0 Å². The number of carbonyl (C=O) groups excluding carboxylic acids is 2. The molecule has 2 N–H and O–H groups in total. The summed E-state index contributed by atoms with van der Waals surface area (Å²) in [6, 6.07) is 16.3. The summed E-state index contributed by atoms with van der Waals surface area (Å²) in [7, 11) is -2.17. The third kappa shape index (κ3) is 7.30. The van der Waals surface area contributed by atoms with E-state index in [4.69, 9.17) is 4.74 Å². The third-order valence-corrected chi connectivity index (χ3v) is 7.79. The van der Waals surface area contributed by atoms with Crippen LogP contribution in [0.25, 0.3) is 0 Å². The number of benzene rings is 2. The zero-order valence-electron chi connectivity index (χ0n) is 19.5. The van der Waals surface area contributed by atoms with E-state index in [1.54, 1.807) is 12.1 Å². The summed E-state index contributed by atoms with van der Waals surface area (Å²) in [5.41, 5.74) is 1.24. The number of ether oxygens (including phenoxy) is 1. The number of hydrogen-bond acceptors (Lipinski definition) is 5. The first-order chi connectivity index (χ1) is 16.4. The van der Waals surface area contributed by atoms with Crippen molar-refractivity contribution < 1.29 is 22.7 Å². The van der Waals surface area contributed by atoms with Crippen molar-refractivity contribution in [1.29, 1.82) is 0 Å². The molecule has 1 aliphatic rings. The monoisotopic (exact) mass is 487 g/mol. The summed E-state index contributed by atoms with van der Waals surface area (Å²) in [5, 5.41) is 5.66. The molecule has 0 radical (unpaired) electrons. The standard InChI is InChI=1S/C25H33N3O5S/c1-33-22-11-13-23(14-12-22)34(31,32)28-18-6-10-21(19-28)25(30)27-17-15-24(29)26-16-5-9-20-7-3-2-4-8-20/h2-4,7-8,11-14,21H,5-6,9-10,15-19H2,1H3,(H,26,29)(H,27,30)/t21-/m1/s1. The lowest BCUT2D eigenvalue weighted by molar-refractivity contribution is -0.126. The number of methoxy groups -OCH3 is 1. The van der Waals surface area contributed by atoms with Gasteiger partial charge in [-0.15, -0.1) is 0 Å². The number of sulfonamides is 1. The lowest BCUT2D eigenvalue weighted by Crippen LogP contribution is -2.45. The molecule has 1 heterocycles. The number of hydrogen-bond donors (Lipinski definition) is 2. The molecular formula is C25H33N3O5S. The average molecular weight is 488 g/mol. The Morgan fingerprint density at radius 2 is 1.76 bits per heavy atom. The quantitative estimate of drug-likeness (QED) is 0.474. The second-order valence-corrected chi connectivity index (χ2v) is 10.3. The molecule has 2 amide bonds. The van der Waals surface area contributed by atoms with Crippen LogP contribution in [0, 0.1) is 5.92 Å². The van der Waals surface area contributed by atoms with Crippen LogP contribution in [0.1, 0.15) is 31.2 Å². The van der Waals surface area contributed by atoms with Crippen LogP contribution in [0.5, 0.6) is 5.75 Å². The van der Waals surface area contributed by atoms with Gasteiger partial charge in [-0.3, -0.25) is 9.59 Å². The van der Waals surface area contributed by atoms with E-state index in [-0.39, 0.29) is 36.2 Å². The van der Waals surface area contributed by atoms with E-state index < -0.39 is 15.9 Å². The number of carbonyl (C=O) groups is 2. The molecule has 2 aromatic carbocycles. The van der Waals surface area contributed by atoms with Crippen LogP contribution in [0.3, 0.4) is 0 Å². The minimum Gasteiger partial charge on any atom is -0.497 e. The van der Waals surface area contributed by atoms with E-state index in [2.05, 4.69) is 22.8 Å². The van der Waals surface area contributed by atoms with E-state index >= 15 is 0 Å². The van der Waals surface area contributed by atoms with Gasteiger partial charge in [0.1, 0.15) is 5.75 Å². The first-order valence-electron chi connectivity index (χ1n) is 11.6. The van der Waals surface area contributed by atoms with Gasteiger partial charge in [0.25, 0.3) is 0 Å². The molecule has 0 spiro atoms. The fraction of sp³-hybridized carbons (Fsp3) is 0.440. The van der Waals surface area contributed by atoms with Crippen molar-refractivity contribution in [2.75, 3.05) is 33.3 Å². The Kier molecular flexibility index (Phi) is 9.47. The van der Waals surface area contributed by atoms with Gasteiger partial charge in [-0.05, 0) is 55.5 Å². The predicted molar refractivity (Wildman–Crippen MR) is 130 cm³/mol. The maximum Gasteiger partial charge on any atom is 0.243 e. The molecule has 0 unspecified atom stereocenters. The molecule has 3 rings (SSSR count). The highest BCUT2D eigenvalue weighted by molar-refractivity contribution is 7.89. The molecular weight excluding hydrogens is 454 g/mol. The van der Waals surface area contributed by atoms with Crippen LogP contribution >= 0.6 is 0 Å². The zero-order chi connectivity index (χ0) is 24.4. The Hall–Kier alpha value is -2.91. The molecule has 1 atom stereocenters. The van der Waals surface area contributed by atoms with Crippen LogP contribution in [-0.2, 0) is 26.0 Å². The van der Waals surface area contributed by atoms with Crippen molar-refractivity contribution >= 4 is 21.8 Å². The first-order valence-corrected chi connectivity index (χ1v) is 13.1. The lowest BCUT2D eigenvalue weighted by atomic mass is 9.99. The molecule has 0 bridgehead atoms. The smallest absolute Gasteiger partial charge is 0.243 e. The van der Waals surface area contributed by atoms with Crippen LogP contribution in [0.4, 0.5) is 0 Å². The highest BCUT2D eigenvalue weighted by atomic mass is 32.2. The molecule has 2 aromatic rings. The second-order valence-electron chi connectivity index (χ2n) is 8.36. The fourth-order valence-electron chi connectivity index (χ4n) is 3.97. The SMILES string of the molecule is COc1ccc(S(=O)(=O)N2CCC[C@@H](C(=O)NCCC(=O)NCCCc3ccccc3)C2)cc1. The van der Waals surface area contributed by atoms with Gasteiger partial charge in [0, 0.05) is 32.6 Å². The first kappa shape index (κ1) is 25.7. The van der Waals surface area contributed by atoms with E-state index in [0.717, 1.165) is 12.8 Å². The minimum atomic E-state index is -3.69. The molecule has 1 saturated heterocycles. The van der Waals surface area contributed by atoms with Gasteiger partial charge in [0.05, 0.1) is 17.9 Å². The summed E-state index contributed by atoms with van der Waals surface area (Å²) in [6.07, 6.45) is 3.16. The van der Waals surface area contributed by atoms with E-state index in [0.29, 0.717) is 31.7 Å². The highest BCUT2D eigenvalue weighted by Crippen LogP contribution is 2.25. The Bertz CT molecular complexity index is 1040. The normalized spacial score (nSPS) is 16.6. The number of piperidine rings is 1. The average Bonchev–Trinajstić information content (AvgIpc) is 2.87. The van der Waals surface area contributed by atoms with Gasteiger partial charge in [-0.1, -0.05) is 30.3 Å². The van der Waals surface area contributed by atoms with Crippen LogP contribution < -0.4 is 15.4 Å². The fourth-order valence-corrected chi connectivity index (χ4v) is 5.49. The summed E-state index contributed by atoms with van der Waals surface area (Å²) < 4.78 is 32.4. The van der Waals surface area contributed by atoms with E-state index in [1.807, 2.05) is 18.2 Å². The van der Waals surface area contributed by atoms with Crippen LogP contribution in [0.15, 0.2) is 59.5 Å². The summed E-state index contributed by atoms with van der Waals surface area (Å²) >= 11 is 0. The van der Waals surface area contributed by atoms with Crippen molar-refractivity contribution in [2.45, 2.75) is 37.0 Å². The van der Waals surface area contributed by atoms with Gasteiger partial charge in [0.2, 0.25) is 21.8 Å². The molecule has 0 aromatic heterocycles. The second kappa shape index (κ2) is 12.5. The van der Waals surface area contributed by atoms with Crippen molar-refractivity contribution in [1.82, 2.24) is 14.9 Å². The molecule has 0 aliphatic carbocycles. The number of nitrogens with one attached hydrogen (secondary N) is 2. The Balaban J connectivity index is 1.39. The van der Waals surface area contributed by atoms with Gasteiger partial charge in [0.15, 0.2) is 0 Å². The zero-order valence-corrected chi connectivity index (χ0v) is 20.4. The van der Waals surface area contributed by atoms with Crippen molar-refractivity contribution in [2.24, 2.45) is 5.92 Å². The van der Waals surface area contributed by atoms with Gasteiger partial charge in [-0.25, -0.2) is 8.42 Å². The number of rotatable bonds is 11. The van der Waals surface area contributed by atoms with Gasteiger partial charge < -0.3 is 15.4 Å². The summed E-state index contributed by atoms with van der Waals surface area (Å²) in [5.74, 6) is -0.182. The van der Waals surface area contributed by atoms with Gasteiger partial charge in [-0.2, -0.15) is 4.31 Å². The van der Waals surface area contributed by atoms with E-state index in [1.165, 1.54) is 29.1 Å². The molecule has 8 nitrogen and oxygen atoms in total. The molecule has 1 fully saturated rings. The van der Waals surface area contributed by atoms with Crippen LogP contribution in [-0.4, -0.2) is 57.8 Å². The Morgan fingerprint density at radius 1 is 1.03 bits per heavy atom. The van der Waals surface area contributed by atoms with Gasteiger partial charge >= 0.3 is 0 Å². The van der Waals surface area contributed by atoms with Crippen LogP contribution in [0.2, 0.25) is 0 Å². The summed E-state index contributed by atoms with van der Waals surface area (Å²) in [4.78, 5) is 24.8. The number of amides is 2. The molecule has 0 saturated carbocycles. The maximum atomic E-state index is 13.0. The molecule has 1 aliphatic heterocycles. The largest absolute Gasteiger partial charge is 0.497 e. The highest BCUT2D eigenvalue weighted by Gasteiger charge is 2.33. The topological polar surface area (TPSA) is 105 Å². The maximum absolute atomic E-state index is 13.0. The number of nitrogens with zero attached hydrogens (tertiary/aromatic N) is 1. The molecule has 184 valence electrons. The Morgan fingerprint density at radius 3 is 2.47 bits per heavy atom. The van der Waals surface area contributed by atoms with Crippen molar-refractivity contribution in [3.63, 3.8) is 0 Å². The predicted octanol–water partition coefficient (Wildman–Crippen LogP) is 2.35. The minimum absolute atomic E-state index is 0.110. The lowest BCUT2D eigenvalue weighted by Gasteiger charge is -2.31. The Labute approximate surface area is 201 Å². The summed E-state index contributed by atoms with van der Waals surface area (Å²) in [6.45, 7) is 1.32. The number of aryl methyl sites for hydroxylation is 1.